The highest BCUT2D eigenvalue weighted by Crippen LogP contribution is 2.31. The second-order valence-electron chi connectivity index (χ2n) is 10.6. The van der Waals surface area contributed by atoms with Crippen molar-refractivity contribution < 1.29 is 19.1 Å². The molecule has 2 rings (SSSR count). The maximum absolute atomic E-state index is 13.5. The predicted octanol–water partition coefficient (Wildman–Crippen LogP) is 5.09. The van der Waals surface area contributed by atoms with Gasteiger partial charge in [0.2, 0.25) is 5.91 Å². The van der Waals surface area contributed by atoms with E-state index in [0.717, 1.165) is 16.9 Å². The number of carbonyl (C=O) groups is 2. The van der Waals surface area contributed by atoms with Crippen LogP contribution >= 0.6 is 0 Å². The molecule has 186 valence electrons. The summed E-state index contributed by atoms with van der Waals surface area (Å²) in [5.41, 5.74) is 1.41. The quantitative estimate of drug-likeness (QED) is 0.556. The molecule has 0 radical (unpaired) electrons. The zero-order valence-electron chi connectivity index (χ0n) is 21.9. The fourth-order valence-electron chi connectivity index (χ4n) is 3.73. The van der Waals surface area contributed by atoms with E-state index in [1.165, 1.54) is 0 Å². The summed E-state index contributed by atoms with van der Waals surface area (Å²) in [6, 6.07) is 14.7. The summed E-state index contributed by atoms with van der Waals surface area (Å²) in [7, 11) is 1.61. The van der Waals surface area contributed by atoms with Gasteiger partial charge in [0.05, 0.1) is 7.11 Å². The first-order valence-corrected chi connectivity index (χ1v) is 11.8. The number of ether oxygens (including phenoxy) is 2. The van der Waals surface area contributed by atoms with E-state index < -0.39 is 11.6 Å². The van der Waals surface area contributed by atoms with Crippen molar-refractivity contribution in [2.75, 3.05) is 13.7 Å². The SMILES string of the molecule is CC[C@@H](C(=O)NC(C)(C)C)N(Cc1ccc(OC)cc1)C(=O)COc1ccccc1C(C)(C)C. The van der Waals surface area contributed by atoms with Crippen molar-refractivity contribution in [3.05, 3.63) is 59.7 Å². The van der Waals surface area contributed by atoms with Gasteiger partial charge in [0.25, 0.3) is 5.91 Å². The molecule has 34 heavy (non-hydrogen) atoms. The highest BCUT2D eigenvalue weighted by molar-refractivity contribution is 5.88. The van der Waals surface area contributed by atoms with Crippen molar-refractivity contribution in [2.24, 2.45) is 0 Å². The van der Waals surface area contributed by atoms with Gasteiger partial charge >= 0.3 is 0 Å². The molecule has 1 N–H and O–H groups in total. The van der Waals surface area contributed by atoms with Crippen molar-refractivity contribution >= 4 is 11.8 Å². The molecule has 0 saturated heterocycles. The van der Waals surface area contributed by atoms with Crippen LogP contribution < -0.4 is 14.8 Å². The topological polar surface area (TPSA) is 67.9 Å². The summed E-state index contributed by atoms with van der Waals surface area (Å²) in [5.74, 6) is 1.00. The van der Waals surface area contributed by atoms with Crippen LogP contribution in [0.5, 0.6) is 11.5 Å². The molecule has 0 aliphatic rings. The molecule has 0 aliphatic carbocycles. The minimum absolute atomic E-state index is 0.124. The minimum Gasteiger partial charge on any atom is -0.497 e. The third-order valence-electron chi connectivity index (χ3n) is 5.44. The Bertz CT molecular complexity index is 956. The molecule has 0 unspecified atom stereocenters. The Kier molecular flexibility index (Phi) is 9.14. The number of amides is 2. The molecule has 2 aromatic carbocycles. The van der Waals surface area contributed by atoms with Gasteiger partial charge in [0.15, 0.2) is 6.61 Å². The van der Waals surface area contributed by atoms with Crippen LogP contribution in [0.25, 0.3) is 0 Å². The monoisotopic (exact) mass is 468 g/mol. The number of carbonyl (C=O) groups excluding carboxylic acids is 2. The van der Waals surface area contributed by atoms with Crippen LogP contribution in [-0.2, 0) is 21.5 Å². The predicted molar refractivity (Wildman–Crippen MR) is 136 cm³/mol. The fraction of sp³-hybridized carbons (Fsp3) is 0.500. The second kappa shape index (κ2) is 11.4. The molecule has 0 bridgehead atoms. The van der Waals surface area contributed by atoms with Crippen LogP contribution in [0.1, 0.15) is 66.0 Å². The molecule has 0 saturated carbocycles. The molecule has 6 nitrogen and oxygen atoms in total. The molecule has 6 heteroatoms. The van der Waals surface area contributed by atoms with Crippen LogP contribution in [0.4, 0.5) is 0 Å². The summed E-state index contributed by atoms with van der Waals surface area (Å²) < 4.78 is 11.3. The number of nitrogens with zero attached hydrogens (tertiary/aromatic N) is 1. The van der Waals surface area contributed by atoms with Gasteiger partial charge in [-0.15, -0.1) is 0 Å². The smallest absolute Gasteiger partial charge is 0.261 e. The Morgan fingerprint density at radius 3 is 2.12 bits per heavy atom. The van der Waals surface area contributed by atoms with Gasteiger partial charge in [-0.2, -0.15) is 0 Å². The lowest BCUT2D eigenvalue weighted by Crippen LogP contribution is -2.54. The summed E-state index contributed by atoms with van der Waals surface area (Å²) in [4.78, 5) is 28.2. The molecule has 2 amide bonds. The zero-order valence-corrected chi connectivity index (χ0v) is 21.9. The molecular formula is C28H40N2O4. The molecule has 2 aromatic rings. The zero-order chi connectivity index (χ0) is 25.5. The first-order valence-electron chi connectivity index (χ1n) is 11.8. The van der Waals surface area contributed by atoms with E-state index in [9.17, 15) is 9.59 Å². The maximum atomic E-state index is 13.5. The number of benzene rings is 2. The third-order valence-corrected chi connectivity index (χ3v) is 5.44. The van der Waals surface area contributed by atoms with Crippen LogP contribution in [0.15, 0.2) is 48.5 Å². The van der Waals surface area contributed by atoms with Crippen LogP contribution in [0.3, 0.4) is 0 Å². The standard InChI is InChI=1S/C28H40N2O4/c1-9-23(26(32)29-28(5,6)7)30(18-20-14-16-21(33-8)17-15-20)25(31)19-34-24-13-11-10-12-22(24)27(2,3)4/h10-17,23H,9,18-19H2,1-8H3,(H,29,32)/t23-/m0/s1. The average Bonchev–Trinajstić information content (AvgIpc) is 2.76. The number of hydrogen-bond donors (Lipinski definition) is 1. The van der Waals surface area contributed by atoms with Gasteiger partial charge in [-0.05, 0) is 61.9 Å². The molecule has 0 aliphatic heterocycles. The van der Waals surface area contributed by atoms with E-state index in [2.05, 4.69) is 26.1 Å². The van der Waals surface area contributed by atoms with Gasteiger partial charge in [-0.25, -0.2) is 0 Å². The van der Waals surface area contributed by atoms with E-state index in [-0.39, 0.29) is 23.8 Å². The van der Waals surface area contributed by atoms with E-state index in [1.54, 1.807) is 12.0 Å². The van der Waals surface area contributed by atoms with E-state index in [1.807, 2.05) is 76.2 Å². The number of methoxy groups -OCH3 is 1. The highest BCUT2D eigenvalue weighted by atomic mass is 16.5. The Labute approximate surface area is 204 Å². The van der Waals surface area contributed by atoms with Crippen molar-refractivity contribution in [2.45, 2.75) is 78.4 Å². The van der Waals surface area contributed by atoms with Gasteiger partial charge in [0, 0.05) is 12.1 Å². The molecular weight excluding hydrogens is 428 g/mol. The summed E-state index contributed by atoms with van der Waals surface area (Å²) >= 11 is 0. The van der Waals surface area contributed by atoms with Crippen LogP contribution in [0, 0.1) is 0 Å². The number of nitrogens with one attached hydrogen (secondary N) is 1. The lowest BCUT2D eigenvalue weighted by atomic mass is 9.86. The van der Waals surface area contributed by atoms with Gasteiger partial charge in [-0.3, -0.25) is 9.59 Å². The number of rotatable bonds is 9. The summed E-state index contributed by atoms with van der Waals surface area (Å²) in [6.07, 6.45) is 0.488. The lowest BCUT2D eigenvalue weighted by Gasteiger charge is -2.33. The van der Waals surface area contributed by atoms with Crippen molar-refractivity contribution in [3.63, 3.8) is 0 Å². The Balaban J connectivity index is 2.30. The lowest BCUT2D eigenvalue weighted by molar-refractivity contribution is -0.143. The van der Waals surface area contributed by atoms with Gasteiger partial charge < -0.3 is 19.7 Å². The first-order chi connectivity index (χ1) is 15.9. The summed E-state index contributed by atoms with van der Waals surface area (Å²) in [6.45, 7) is 14.2. The normalized spacial score (nSPS) is 12.6. The van der Waals surface area contributed by atoms with E-state index >= 15 is 0 Å². The Morgan fingerprint density at radius 1 is 0.971 bits per heavy atom. The molecule has 0 spiro atoms. The third kappa shape index (κ3) is 7.79. The second-order valence-corrected chi connectivity index (χ2v) is 10.6. The highest BCUT2D eigenvalue weighted by Gasteiger charge is 2.31. The molecule has 0 heterocycles. The molecule has 1 atom stereocenters. The van der Waals surface area contributed by atoms with E-state index in [0.29, 0.717) is 18.7 Å². The Hall–Kier alpha value is -3.02. The van der Waals surface area contributed by atoms with Crippen molar-refractivity contribution in [3.8, 4) is 11.5 Å². The molecule has 0 aromatic heterocycles. The Morgan fingerprint density at radius 2 is 1.59 bits per heavy atom. The average molecular weight is 469 g/mol. The number of hydrogen-bond acceptors (Lipinski definition) is 4. The van der Waals surface area contributed by atoms with E-state index in [4.69, 9.17) is 9.47 Å². The van der Waals surface area contributed by atoms with Gasteiger partial charge in [-0.1, -0.05) is 58.0 Å². The fourth-order valence-corrected chi connectivity index (χ4v) is 3.73. The minimum atomic E-state index is -0.615. The first kappa shape index (κ1) is 27.2. The molecule has 0 fully saturated rings. The van der Waals surface area contributed by atoms with Crippen molar-refractivity contribution in [1.82, 2.24) is 10.2 Å². The summed E-state index contributed by atoms with van der Waals surface area (Å²) in [5, 5.41) is 3.02. The van der Waals surface area contributed by atoms with Crippen LogP contribution in [0.2, 0.25) is 0 Å². The van der Waals surface area contributed by atoms with Crippen molar-refractivity contribution in [1.29, 1.82) is 0 Å². The largest absolute Gasteiger partial charge is 0.497 e. The van der Waals surface area contributed by atoms with Gasteiger partial charge in [0.1, 0.15) is 17.5 Å². The number of para-hydroxylation sites is 1. The van der Waals surface area contributed by atoms with Crippen LogP contribution in [-0.4, -0.2) is 42.0 Å². The maximum Gasteiger partial charge on any atom is 0.261 e.